The second kappa shape index (κ2) is 6.50. The smallest absolute Gasteiger partial charge is 0.138 e. The van der Waals surface area contributed by atoms with Gasteiger partial charge in [-0.2, -0.15) is 5.10 Å². The van der Waals surface area contributed by atoms with E-state index < -0.39 is 0 Å². The molecule has 0 aliphatic heterocycles. The van der Waals surface area contributed by atoms with Crippen LogP contribution in [0.5, 0.6) is 0 Å². The third kappa shape index (κ3) is 3.78. The van der Waals surface area contributed by atoms with Gasteiger partial charge in [0.1, 0.15) is 12.2 Å². The van der Waals surface area contributed by atoms with Gasteiger partial charge < -0.3 is 5.32 Å². The van der Waals surface area contributed by atoms with E-state index in [0.717, 1.165) is 23.1 Å². The van der Waals surface area contributed by atoms with Crippen molar-refractivity contribution in [3.8, 4) is 0 Å². The fraction of sp³-hybridized carbons (Fsp3) is 0.538. The first-order valence-electron chi connectivity index (χ1n) is 6.39. The van der Waals surface area contributed by atoms with Crippen LogP contribution in [0.2, 0.25) is 4.34 Å². The van der Waals surface area contributed by atoms with Gasteiger partial charge in [-0.1, -0.05) is 25.4 Å². The number of nitrogens with one attached hydrogen (secondary N) is 1. The highest BCUT2D eigenvalue weighted by atomic mass is 35.5. The molecule has 4 nitrogen and oxygen atoms in total. The molecule has 0 bridgehead atoms. The molecule has 0 fully saturated rings. The number of aromatic nitrogens is 3. The molecule has 0 aromatic carbocycles. The average Bonchev–Trinajstić information content (AvgIpc) is 2.95. The summed E-state index contributed by atoms with van der Waals surface area (Å²) in [5, 5.41) is 7.62. The zero-order valence-electron chi connectivity index (χ0n) is 11.4. The summed E-state index contributed by atoms with van der Waals surface area (Å²) >= 11 is 7.61. The summed E-state index contributed by atoms with van der Waals surface area (Å²) in [6.45, 7) is 5.26. The fourth-order valence-electron chi connectivity index (χ4n) is 1.99. The number of halogens is 1. The van der Waals surface area contributed by atoms with Crippen molar-refractivity contribution in [2.24, 2.45) is 5.92 Å². The molecule has 1 atom stereocenters. The zero-order valence-corrected chi connectivity index (χ0v) is 13.0. The third-order valence-corrected chi connectivity index (χ3v) is 4.25. The standard InChI is InChI=1S/C13H19ClN4S/c1-9(2)7-18-13(16-8-17-18)6-10(15-3)11-4-5-12(14)19-11/h4-5,8-10,15H,6-7H2,1-3H3. The first kappa shape index (κ1) is 14.5. The Morgan fingerprint density at radius 3 is 2.79 bits per heavy atom. The average molecular weight is 299 g/mol. The molecular weight excluding hydrogens is 280 g/mol. The molecule has 0 saturated heterocycles. The van der Waals surface area contributed by atoms with Crippen LogP contribution >= 0.6 is 22.9 Å². The van der Waals surface area contributed by atoms with E-state index in [4.69, 9.17) is 11.6 Å². The molecule has 0 amide bonds. The SMILES string of the molecule is CNC(Cc1ncnn1CC(C)C)c1ccc(Cl)s1. The van der Waals surface area contributed by atoms with Crippen molar-refractivity contribution in [2.45, 2.75) is 32.9 Å². The highest BCUT2D eigenvalue weighted by Gasteiger charge is 2.16. The highest BCUT2D eigenvalue weighted by Crippen LogP contribution is 2.28. The van der Waals surface area contributed by atoms with Gasteiger partial charge in [0, 0.05) is 23.9 Å². The van der Waals surface area contributed by atoms with Crippen LogP contribution in [0.4, 0.5) is 0 Å². The molecule has 0 aliphatic rings. The van der Waals surface area contributed by atoms with Crippen LogP contribution in [-0.4, -0.2) is 21.8 Å². The van der Waals surface area contributed by atoms with Gasteiger partial charge in [-0.3, -0.25) is 0 Å². The van der Waals surface area contributed by atoms with Crippen LogP contribution in [0, 0.1) is 5.92 Å². The number of thiophene rings is 1. The van der Waals surface area contributed by atoms with Crippen LogP contribution in [0.1, 0.15) is 30.6 Å². The summed E-state index contributed by atoms with van der Waals surface area (Å²) in [5.74, 6) is 1.57. The minimum Gasteiger partial charge on any atom is -0.312 e. The van der Waals surface area contributed by atoms with Gasteiger partial charge in [0.2, 0.25) is 0 Å². The van der Waals surface area contributed by atoms with E-state index >= 15 is 0 Å². The summed E-state index contributed by atoms with van der Waals surface area (Å²) in [6, 6.07) is 4.23. The number of nitrogens with zero attached hydrogens (tertiary/aromatic N) is 3. The number of rotatable bonds is 6. The number of likely N-dealkylation sites (N-methyl/N-ethyl adjacent to an activating group) is 1. The first-order valence-corrected chi connectivity index (χ1v) is 7.58. The molecule has 0 saturated carbocycles. The van der Waals surface area contributed by atoms with Gasteiger partial charge in [-0.15, -0.1) is 11.3 Å². The molecule has 104 valence electrons. The van der Waals surface area contributed by atoms with Crippen molar-refractivity contribution >= 4 is 22.9 Å². The minimum absolute atomic E-state index is 0.229. The highest BCUT2D eigenvalue weighted by molar-refractivity contribution is 7.16. The summed E-state index contributed by atoms with van der Waals surface area (Å²) in [5.41, 5.74) is 0. The lowest BCUT2D eigenvalue weighted by molar-refractivity contribution is 0.452. The van der Waals surface area contributed by atoms with Gasteiger partial charge in [0.15, 0.2) is 0 Å². The largest absolute Gasteiger partial charge is 0.312 e. The van der Waals surface area contributed by atoms with E-state index in [1.54, 1.807) is 17.7 Å². The Bertz CT molecular complexity index is 520. The minimum atomic E-state index is 0.229. The predicted octanol–water partition coefficient (Wildman–Crippen LogP) is 3.15. The third-order valence-electron chi connectivity index (χ3n) is 2.91. The second-order valence-electron chi connectivity index (χ2n) is 4.94. The summed E-state index contributed by atoms with van der Waals surface area (Å²) in [6.07, 6.45) is 2.45. The van der Waals surface area contributed by atoms with Gasteiger partial charge in [-0.05, 0) is 25.1 Å². The molecule has 2 heterocycles. The van der Waals surface area contributed by atoms with E-state index in [2.05, 4.69) is 35.3 Å². The lowest BCUT2D eigenvalue weighted by Crippen LogP contribution is -2.21. The number of hydrogen-bond donors (Lipinski definition) is 1. The predicted molar refractivity (Wildman–Crippen MR) is 79.7 cm³/mol. The Hall–Kier alpha value is -0.910. The molecule has 6 heteroatoms. The van der Waals surface area contributed by atoms with Gasteiger partial charge in [0.25, 0.3) is 0 Å². The molecule has 1 N–H and O–H groups in total. The van der Waals surface area contributed by atoms with E-state index in [-0.39, 0.29) is 6.04 Å². The maximum atomic E-state index is 6.00. The molecule has 2 aromatic rings. The van der Waals surface area contributed by atoms with E-state index in [0.29, 0.717) is 5.92 Å². The van der Waals surface area contributed by atoms with Crippen LogP contribution in [0.3, 0.4) is 0 Å². The van der Waals surface area contributed by atoms with Crippen LogP contribution in [0.25, 0.3) is 0 Å². The molecule has 2 aromatic heterocycles. The lowest BCUT2D eigenvalue weighted by Gasteiger charge is -2.15. The quantitative estimate of drug-likeness (QED) is 0.891. The van der Waals surface area contributed by atoms with Gasteiger partial charge in [-0.25, -0.2) is 9.67 Å². The monoisotopic (exact) mass is 298 g/mol. The normalized spacial score (nSPS) is 13.1. The van der Waals surface area contributed by atoms with Gasteiger partial charge >= 0.3 is 0 Å². The molecule has 2 rings (SSSR count). The molecular formula is C13H19ClN4S. The summed E-state index contributed by atoms with van der Waals surface area (Å²) in [7, 11) is 1.96. The van der Waals surface area contributed by atoms with E-state index in [1.807, 2.05) is 17.8 Å². The maximum absolute atomic E-state index is 6.00. The summed E-state index contributed by atoms with van der Waals surface area (Å²) < 4.78 is 2.81. The van der Waals surface area contributed by atoms with Crippen molar-refractivity contribution in [1.82, 2.24) is 20.1 Å². The topological polar surface area (TPSA) is 42.7 Å². The molecule has 0 radical (unpaired) electrons. The molecule has 0 aliphatic carbocycles. The molecule has 0 spiro atoms. The molecule has 19 heavy (non-hydrogen) atoms. The Morgan fingerprint density at radius 1 is 1.42 bits per heavy atom. The fourth-order valence-corrected chi connectivity index (χ4v) is 3.16. The number of hydrogen-bond acceptors (Lipinski definition) is 4. The zero-order chi connectivity index (χ0) is 13.8. The van der Waals surface area contributed by atoms with E-state index in [1.165, 1.54) is 4.88 Å². The Balaban J connectivity index is 2.12. The second-order valence-corrected chi connectivity index (χ2v) is 6.69. The Morgan fingerprint density at radius 2 is 2.21 bits per heavy atom. The van der Waals surface area contributed by atoms with Crippen LogP contribution in [-0.2, 0) is 13.0 Å². The van der Waals surface area contributed by atoms with Crippen molar-refractivity contribution in [3.05, 3.63) is 33.5 Å². The van der Waals surface area contributed by atoms with Crippen molar-refractivity contribution in [3.63, 3.8) is 0 Å². The summed E-state index contributed by atoms with van der Waals surface area (Å²) in [4.78, 5) is 5.60. The van der Waals surface area contributed by atoms with Crippen LogP contribution < -0.4 is 5.32 Å². The van der Waals surface area contributed by atoms with Gasteiger partial charge in [0.05, 0.1) is 4.34 Å². The van der Waals surface area contributed by atoms with Crippen LogP contribution in [0.15, 0.2) is 18.5 Å². The Kier molecular flexibility index (Phi) is 4.96. The Labute approximate surface area is 122 Å². The van der Waals surface area contributed by atoms with E-state index in [9.17, 15) is 0 Å². The first-order chi connectivity index (χ1) is 9.10. The lowest BCUT2D eigenvalue weighted by atomic mass is 10.1. The maximum Gasteiger partial charge on any atom is 0.138 e. The van der Waals surface area contributed by atoms with Crippen molar-refractivity contribution in [1.29, 1.82) is 0 Å². The van der Waals surface area contributed by atoms with Crippen molar-refractivity contribution in [2.75, 3.05) is 7.05 Å². The van der Waals surface area contributed by atoms with Crippen molar-refractivity contribution < 1.29 is 0 Å². The molecule has 1 unspecified atom stereocenters.